The fraction of sp³-hybridized carbons (Fsp3) is 0.370. The van der Waals surface area contributed by atoms with Crippen LogP contribution < -0.4 is 5.32 Å². The number of likely N-dealkylation sites (N-methyl/N-ethyl adjacent to an activating group) is 1. The van der Waals surface area contributed by atoms with Gasteiger partial charge in [0.15, 0.2) is 0 Å². The lowest BCUT2D eigenvalue weighted by Gasteiger charge is -2.39. The van der Waals surface area contributed by atoms with E-state index in [-0.39, 0.29) is 18.5 Å². The second-order valence-corrected chi connectivity index (χ2v) is 9.39. The lowest BCUT2D eigenvalue weighted by molar-refractivity contribution is -0.139. The highest BCUT2D eigenvalue weighted by Gasteiger charge is 2.37. The third kappa shape index (κ3) is 5.39. The molecule has 190 valence electrons. The van der Waals surface area contributed by atoms with Crippen LogP contribution in [0.5, 0.6) is 0 Å². The van der Waals surface area contributed by atoms with Crippen molar-refractivity contribution in [2.75, 3.05) is 46.4 Å². The van der Waals surface area contributed by atoms with Gasteiger partial charge in [-0.25, -0.2) is 9.59 Å². The second kappa shape index (κ2) is 11.1. The van der Waals surface area contributed by atoms with E-state index in [9.17, 15) is 14.4 Å². The maximum atomic E-state index is 13.1. The number of halogens is 1. The largest absolute Gasteiger partial charge is 0.463 e. The van der Waals surface area contributed by atoms with Crippen molar-refractivity contribution in [1.82, 2.24) is 20.0 Å². The molecule has 0 aromatic heterocycles. The van der Waals surface area contributed by atoms with Crippen molar-refractivity contribution in [3.05, 3.63) is 81.5 Å². The minimum Gasteiger partial charge on any atom is -0.463 e. The second-order valence-electron chi connectivity index (χ2n) is 8.98. The molecule has 0 bridgehead atoms. The minimum absolute atomic E-state index is 0.0970. The Labute approximate surface area is 216 Å². The van der Waals surface area contributed by atoms with Gasteiger partial charge in [0.2, 0.25) is 0 Å². The molecule has 2 heterocycles. The van der Waals surface area contributed by atoms with Crippen LogP contribution in [0.15, 0.2) is 59.8 Å². The topological polar surface area (TPSA) is 82.2 Å². The molecule has 0 spiro atoms. The maximum absolute atomic E-state index is 13.1. The summed E-state index contributed by atoms with van der Waals surface area (Å²) in [6.07, 6.45) is 0. The summed E-state index contributed by atoms with van der Waals surface area (Å²) in [7, 11) is 1.66. The summed E-state index contributed by atoms with van der Waals surface area (Å²) in [5, 5.41) is 3.38. The molecular weight excluding hydrogens is 480 g/mol. The first kappa shape index (κ1) is 25.7. The van der Waals surface area contributed by atoms with Gasteiger partial charge in [0.1, 0.15) is 0 Å². The molecule has 0 aliphatic carbocycles. The number of hydrogen-bond donors (Lipinski definition) is 1. The first-order valence-electron chi connectivity index (χ1n) is 12.1. The molecule has 2 aliphatic heterocycles. The number of ether oxygens (including phenoxy) is 1. The number of benzene rings is 2. The number of hydrogen-bond acceptors (Lipinski definition) is 5. The Balaban J connectivity index is 1.57. The van der Waals surface area contributed by atoms with Gasteiger partial charge in [-0.2, -0.15) is 0 Å². The van der Waals surface area contributed by atoms with Crippen LogP contribution in [-0.4, -0.2) is 79.0 Å². The molecule has 1 fully saturated rings. The molecule has 2 aliphatic rings. The van der Waals surface area contributed by atoms with E-state index < -0.39 is 12.0 Å². The van der Waals surface area contributed by atoms with Gasteiger partial charge in [-0.15, -0.1) is 0 Å². The van der Waals surface area contributed by atoms with Gasteiger partial charge in [0.25, 0.3) is 5.91 Å². The van der Waals surface area contributed by atoms with E-state index in [0.717, 1.165) is 11.1 Å². The van der Waals surface area contributed by atoms with Gasteiger partial charge in [0.05, 0.1) is 28.8 Å². The summed E-state index contributed by atoms with van der Waals surface area (Å²) in [5.41, 5.74) is 3.43. The summed E-state index contributed by atoms with van der Waals surface area (Å²) < 4.78 is 5.41. The quantitative estimate of drug-likeness (QED) is 0.600. The highest BCUT2D eigenvalue weighted by Crippen LogP contribution is 2.32. The molecule has 2 aromatic carbocycles. The van der Waals surface area contributed by atoms with Crippen LogP contribution >= 0.6 is 11.6 Å². The number of carbonyl (C=O) groups is 3. The van der Waals surface area contributed by atoms with Crippen molar-refractivity contribution in [3.8, 4) is 0 Å². The normalized spacial score (nSPS) is 18.8. The van der Waals surface area contributed by atoms with Crippen LogP contribution in [0.1, 0.15) is 34.5 Å². The number of carbonyl (C=O) groups excluding carboxylic acids is 3. The average Bonchev–Trinajstić information content (AvgIpc) is 2.87. The smallest absolute Gasteiger partial charge is 0.338 e. The van der Waals surface area contributed by atoms with E-state index in [1.807, 2.05) is 31.2 Å². The number of urea groups is 1. The molecule has 4 rings (SSSR count). The number of nitrogens with zero attached hydrogens (tertiary/aromatic N) is 3. The van der Waals surface area contributed by atoms with E-state index in [1.54, 1.807) is 43.1 Å². The van der Waals surface area contributed by atoms with Gasteiger partial charge < -0.3 is 15.0 Å². The van der Waals surface area contributed by atoms with Gasteiger partial charge in [-0.05, 0) is 31.5 Å². The molecule has 0 radical (unpaired) electrons. The van der Waals surface area contributed by atoms with Gasteiger partial charge in [-0.3, -0.25) is 14.6 Å². The summed E-state index contributed by atoms with van der Waals surface area (Å²) in [6, 6.07) is 13.9. The van der Waals surface area contributed by atoms with E-state index in [0.29, 0.717) is 54.6 Å². The monoisotopic (exact) mass is 510 g/mol. The molecule has 9 heteroatoms. The molecule has 3 amide bonds. The van der Waals surface area contributed by atoms with E-state index in [4.69, 9.17) is 16.3 Å². The lowest BCUT2D eigenvalue weighted by Crippen LogP contribution is -2.53. The molecule has 1 atom stereocenters. The zero-order chi connectivity index (χ0) is 25.8. The van der Waals surface area contributed by atoms with Crippen molar-refractivity contribution >= 4 is 29.5 Å². The molecular formula is C27H31ClN4O4. The van der Waals surface area contributed by atoms with Crippen LogP contribution in [0, 0.1) is 6.92 Å². The summed E-state index contributed by atoms with van der Waals surface area (Å²) >= 11 is 6.22. The maximum Gasteiger partial charge on any atom is 0.338 e. The van der Waals surface area contributed by atoms with Gasteiger partial charge in [-0.1, -0.05) is 53.6 Å². The Kier molecular flexibility index (Phi) is 7.96. The molecule has 8 nitrogen and oxygen atoms in total. The van der Waals surface area contributed by atoms with Crippen LogP contribution in [0.2, 0.25) is 5.02 Å². The summed E-state index contributed by atoms with van der Waals surface area (Å²) in [6.45, 7) is 6.60. The van der Waals surface area contributed by atoms with E-state index in [2.05, 4.69) is 10.2 Å². The Bertz CT molecular complexity index is 1170. The van der Waals surface area contributed by atoms with Crippen LogP contribution in [0.25, 0.3) is 0 Å². The van der Waals surface area contributed by atoms with E-state index >= 15 is 0 Å². The summed E-state index contributed by atoms with van der Waals surface area (Å²) in [5.74, 6) is -0.544. The van der Waals surface area contributed by atoms with Crippen LogP contribution in [-0.2, 0) is 9.53 Å². The van der Waals surface area contributed by atoms with Gasteiger partial charge >= 0.3 is 12.0 Å². The number of piperazine rings is 1. The SMILES string of the molecule is CCOC(=O)C1=C(CN2CCN(C(=O)c3ccccc3Cl)CC2)N(C)C(=O)NC1c1ccc(C)cc1. The predicted molar refractivity (Wildman–Crippen MR) is 138 cm³/mol. The molecule has 2 aromatic rings. The third-order valence-corrected chi connectivity index (χ3v) is 6.95. The van der Waals surface area contributed by atoms with E-state index in [1.165, 1.54) is 4.90 Å². The molecule has 1 saturated heterocycles. The average molecular weight is 511 g/mol. The standard InChI is InChI=1S/C27H31ClN4O4/c1-4-36-26(34)23-22(30(3)27(35)29-24(23)19-11-9-18(2)10-12-19)17-31-13-15-32(16-14-31)25(33)20-7-5-6-8-21(20)28/h5-12,24H,4,13-17H2,1-3H3,(H,29,35). The van der Waals surface area contributed by atoms with Crippen molar-refractivity contribution < 1.29 is 19.1 Å². The predicted octanol–water partition coefficient (Wildman–Crippen LogP) is 3.62. The van der Waals surface area contributed by atoms with Crippen molar-refractivity contribution in [2.24, 2.45) is 0 Å². The Morgan fingerprint density at radius 3 is 2.36 bits per heavy atom. The third-order valence-electron chi connectivity index (χ3n) is 6.62. The number of esters is 1. The fourth-order valence-electron chi connectivity index (χ4n) is 4.53. The van der Waals surface area contributed by atoms with Crippen LogP contribution in [0.4, 0.5) is 4.79 Å². The van der Waals surface area contributed by atoms with Crippen LogP contribution in [0.3, 0.4) is 0 Å². The highest BCUT2D eigenvalue weighted by atomic mass is 35.5. The van der Waals surface area contributed by atoms with Crippen molar-refractivity contribution in [2.45, 2.75) is 19.9 Å². The molecule has 0 saturated carbocycles. The Morgan fingerprint density at radius 1 is 1.06 bits per heavy atom. The fourth-order valence-corrected chi connectivity index (χ4v) is 4.75. The Morgan fingerprint density at radius 2 is 1.72 bits per heavy atom. The number of nitrogens with one attached hydrogen (secondary N) is 1. The number of rotatable bonds is 6. The molecule has 36 heavy (non-hydrogen) atoms. The summed E-state index contributed by atoms with van der Waals surface area (Å²) in [4.78, 5) is 44.4. The van der Waals surface area contributed by atoms with Crippen molar-refractivity contribution in [3.63, 3.8) is 0 Å². The van der Waals surface area contributed by atoms with Gasteiger partial charge in [0, 0.05) is 45.5 Å². The number of aryl methyl sites for hydroxylation is 1. The molecule has 1 N–H and O–H groups in total. The lowest BCUT2D eigenvalue weighted by atomic mass is 9.93. The first-order chi connectivity index (χ1) is 17.3. The first-order valence-corrected chi connectivity index (χ1v) is 12.4. The zero-order valence-electron chi connectivity index (χ0n) is 20.8. The minimum atomic E-state index is -0.605. The molecule has 1 unspecified atom stereocenters. The zero-order valence-corrected chi connectivity index (χ0v) is 21.5. The highest BCUT2D eigenvalue weighted by molar-refractivity contribution is 6.33. The number of amides is 3. The van der Waals surface area contributed by atoms with Crippen molar-refractivity contribution in [1.29, 1.82) is 0 Å². The Hall–Kier alpha value is -3.36.